The monoisotopic (exact) mass is 913 g/mol. The summed E-state index contributed by atoms with van der Waals surface area (Å²) in [5.74, 6) is 0.790. The minimum absolute atomic E-state index is 0. The van der Waals surface area contributed by atoms with Gasteiger partial charge in [-0.2, -0.15) is 0 Å². The van der Waals surface area contributed by atoms with Crippen LogP contribution in [0.2, 0.25) is 0 Å². The molecule has 0 aliphatic carbocycles. The molecule has 10 aromatic rings. The van der Waals surface area contributed by atoms with Crippen LogP contribution in [0.5, 0.6) is 0 Å². The molecule has 4 heterocycles. The quantitative estimate of drug-likeness (QED) is 0.150. The van der Waals surface area contributed by atoms with E-state index < -0.39 is 0 Å². The molecule has 1 radical (unpaired) electrons. The summed E-state index contributed by atoms with van der Waals surface area (Å²) in [6, 6.07) is 63.2. The summed E-state index contributed by atoms with van der Waals surface area (Å²) in [4.78, 5) is 14.0. The van der Waals surface area contributed by atoms with Gasteiger partial charge in [0.2, 0.25) is 0 Å². The van der Waals surface area contributed by atoms with Crippen LogP contribution in [0.25, 0.3) is 72.6 Å². The van der Waals surface area contributed by atoms with Crippen LogP contribution >= 0.6 is 0 Å². The predicted molar refractivity (Wildman–Crippen MR) is 226 cm³/mol. The Morgan fingerprint density at radius 2 is 1.30 bits per heavy atom. The number of fused-ring (bicyclic) bond motifs is 2. The SMILES string of the molecule is Cc1cc(-c2ccccc2)c(-n2c(-c3[c-]oc4ccc(Cc5ccccn5)cc34)nc3ccccc32)c(-c2ccccc2)c1.[Ir].[c-]1ccccc1-c1ccccn1. The molecule has 5 nitrogen and oxygen atoms in total. The number of rotatable bonds is 7. The topological polar surface area (TPSA) is 56.7 Å². The minimum Gasteiger partial charge on any atom is -0.557 e. The zero-order valence-corrected chi connectivity index (χ0v) is 33.5. The molecule has 4 aromatic heterocycles. The maximum Gasteiger partial charge on any atom is 0.0774 e. The van der Waals surface area contributed by atoms with Crippen LogP contribution in [0.1, 0.15) is 16.8 Å². The second-order valence-electron chi connectivity index (χ2n) is 13.6. The molecular formula is C51H36IrN4O-2. The molecule has 0 atom stereocenters. The number of hydrogen-bond acceptors (Lipinski definition) is 4. The number of aromatic nitrogens is 4. The molecule has 0 N–H and O–H groups in total. The van der Waals surface area contributed by atoms with Gasteiger partial charge in [0.05, 0.1) is 22.5 Å². The fraction of sp³-hybridized carbons (Fsp3) is 0.0392. The van der Waals surface area contributed by atoms with Gasteiger partial charge in [-0.1, -0.05) is 126 Å². The van der Waals surface area contributed by atoms with Crippen LogP contribution in [0.15, 0.2) is 193 Å². The van der Waals surface area contributed by atoms with Crippen LogP contribution in [-0.2, 0) is 26.5 Å². The van der Waals surface area contributed by atoms with Crippen molar-refractivity contribution < 1.29 is 24.5 Å². The minimum atomic E-state index is 0. The van der Waals surface area contributed by atoms with E-state index in [-0.39, 0.29) is 20.1 Å². The summed E-state index contributed by atoms with van der Waals surface area (Å²) in [6.45, 7) is 2.16. The summed E-state index contributed by atoms with van der Waals surface area (Å²) < 4.78 is 8.35. The van der Waals surface area contributed by atoms with E-state index in [1.807, 2.05) is 72.9 Å². The number of para-hydroxylation sites is 2. The van der Waals surface area contributed by atoms with Gasteiger partial charge in [-0.3, -0.25) is 9.97 Å². The van der Waals surface area contributed by atoms with E-state index in [0.717, 1.165) is 90.3 Å². The summed E-state index contributed by atoms with van der Waals surface area (Å²) >= 11 is 0. The smallest absolute Gasteiger partial charge is 0.0774 e. The van der Waals surface area contributed by atoms with E-state index in [1.165, 1.54) is 5.56 Å². The zero-order chi connectivity index (χ0) is 37.7. The molecule has 0 bridgehead atoms. The van der Waals surface area contributed by atoms with Gasteiger partial charge in [-0.15, -0.1) is 35.9 Å². The summed E-state index contributed by atoms with van der Waals surface area (Å²) in [5.41, 5.74) is 14.6. The molecule has 0 saturated carbocycles. The molecule has 0 unspecified atom stereocenters. The first-order valence-electron chi connectivity index (χ1n) is 18.6. The Morgan fingerprint density at radius 3 is 1.96 bits per heavy atom. The molecule has 277 valence electrons. The molecular weight excluding hydrogens is 877 g/mol. The largest absolute Gasteiger partial charge is 0.557 e. The number of nitrogens with zero attached hydrogens (tertiary/aromatic N) is 4. The van der Waals surface area contributed by atoms with Crippen LogP contribution in [0, 0.1) is 19.3 Å². The fourth-order valence-corrected chi connectivity index (χ4v) is 7.20. The van der Waals surface area contributed by atoms with Crippen molar-refractivity contribution in [1.82, 2.24) is 19.5 Å². The number of aryl methyl sites for hydroxylation is 1. The summed E-state index contributed by atoms with van der Waals surface area (Å²) in [6.07, 6.45) is 7.60. The normalized spacial score (nSPS) is 10.8. The molecule has 6 aromatic carbocycles. The van der Waals surface area contributed by atoms with Gasteiger partial charge in [0.25, 0.3) is 0 Å². The van der Waals surface area contributed by atoms with Gasteiger partial charge in [0, 0.05) is 67.6 Å². The van der Waals surface area contributed by atoms with E-state index in [4.69, 9.17) is 9.40 Å². The molecule has 0 amide bonds. The van der Waals surface area contributed by atoms with Crippen molar-refractivity contribution in [2.45, 2.75) is 13.3 Å². The van der Waals surface area contributed by atoms with Gasteiger partial charge < -0.3 is 14.0 Å². The molecule has 0 fully saturated rings. The average molecular weight is 913 g/mol. The summed E-state index contributed by atoms with van der Waals surface area (Å²) in [5, 5.41) is 0.977. The van der Waals surface area contributed by atoms with E-state index >= 15 is 0 Å². The Bertz CT molecular complexity index is 2780. The predicted octanol–water partition coefficient (Wildman–Crippen LogP) is 12.4. The first-order chi connectivity index (χ1) is 27.7. The standard InChI is InChI=1S/C40H28N3O.C11H8N.Ir/c1-27-22-32(29-12-4-2-5-13-29)39(33(23-27)30-14-6-3-7-15-30)43-37-18-9-8-17-36(37)42-40(43)35-26-44-38-20-19-28(25-34(35)38)24-31-16-10-11-21-41-31;1-2-6-10(7-3-1)11-8-4-5-9-12-11;/h2-23,25H,24H2,1H3;1-6,8-9H;/q2*-1;. The second-order valence-corrected chi connectivity index (χ2v) is 13.6. The maximum atomic E-state index is 6.05. The van der Waals surface area contributed by atoms with Gasteiger partial charge in [0.1, 0.15) is 0 Å². The number of imidazole rings is 1. The van der Waals surface area contributed by atoms with Gasteiger partial charge in [-0.25, -0.2) is 0 Å². The number of pyridine rings is 2. The zero-order valence-electron chi connectivity index (χ0n) is 31.1. The molecule has 57 heavy (non-hydrogen) atoms. The Balaban J connectivity index is 0.000000300. The molecule has 6 heteroatoms. The maximum absolute atomic E-state index is 6.05. The van der Waals surface area contributed by atoms with Crippen molar-refractivity contribution in [1.29, 1.82) is 0 Å². The van der Waals surface area contributed by atoms with Crippen LogP contribution in [0.4, 0.5) is 0 Å². The third kappa shape index (κ3) is 7.87. The van der Waals surface area contributed by atoms with Crippen LogP contribution in [0.3, 0.4) is 0 Å². The number of hydrogen-bond donors (Lipinski definition) is 0. The van der Waals surface area contributed by atoms with Crippen molar-refractivity contribution >= 4 is 22.0 Å². The fourth-order valence-electron chi connectivity index (χ4n) is 7.20. The first kappa shape index (κ1) is 37.2. The van der Waals surface area contributed by atoms with Crippen molar-refractivity contribution in [2.75, 3.05) is 0 Å². The van der Waals surface area contributed by atoms with E-state index in [0.29, 0.717) is 0 Å². The first-order valence-corrected chi connectivity index (χ1v) is 18.6. The van der Waals surface area contributed by atoms with Gasteiger partial charge in [-0.05, 0) is 71.8 Å². The Kier molecular flexibility index (Phi) is 11.1. The van der Waals surface area contributed by atoms with E-state index in [1.54, 1.807) is 6.20 Å². The van der Waals surface area contributed by atoms with Gasteiger partial charge in [0.15, 0.2) is 0 Å². The molecule has 10 rings (SSSR count). The Morgan fingerprint density at radius 1 is 0.632 bits per heavy atom. The third-order valence-corrected chi connectivity index (χ3v) is 9.77. The van der Waals surface area contributed by atoms with Crippen LogP contribution in [-0.4, -0.2) is 19.5 Å². The molecule has 0 spiro atoms. The van der Waals surface area contributed by atoms with Gasteiger partial charge >= 0.3 is 0 Å². The molecule has 0 aliphatic rings. The Labute approximate surface area is 345 Å². The van der Waals surface area contributed by atoms with E-state index in [9.17, 15) is 0 Å². The third-order valence-electron chi connectivity index (χ3n) is 9.77. The van der Waals surface area contributed by atoms with Crippen molar-refractivity contribution in [3.05, 3.63) is 217 Å². The number of benzene rings is 6. The average Bonchev–Trinajstić information content (AvgIpc) is 3.86. The molecule has 0 aliphatic heterocycles. The van der Waals surface area contributed by atoms with Crippen molar-refractivity contribution in [3.8, 4) is 50.6 Å². The van der Waals surface area contributed by atoms with Crippen molar-refractivity contribution in [2.24, 2.45) is 0 Å². The Hall–Kier alpha value is -6.72. The van der Waals surface area contributed by atoms with Crippen LogP contribution < -0.4 is 0 Å². The van der Waals surface area contributed by atoms with E-state index in [2.05, 4.69) is 143 Å². The molecule has 0 saturated heterocycles. The van der Waals surface area contributed by atoms with Crippen molar-refractivity contribution in [3.63, 3.8) is 0 Å². The second kappa shape index (κ2) is 17.0. The summed E-state index contributed by atoms with van der Waals surface area (Å²) in [7, 11) is 0. The number of furan rings is 1.